The van der Waals surface area contributed by atoms with Crippen LogP contribution in [-0.2, 0) is 14.8 Å². The van der Waals surface area contributed by atoms with E-state index in [-0.39, 0.29) is 23.2 Å². The molecule has 22 heavy (non-hydrogen) atoms. The second-order valence-corrected chi connectivity index (χ2v) is 6.90. The monoisotopic (exact) mass is 322 g/mol. The summed E-state index contributed by atoms with van der Waals surface area (Å²) in [6, 6.07) is 6.63. The molecule has 8 heteroatoms. The maximum Gasteiger partial charge on any atom is 0.263 e. The van der Waals surface area contributed by atoms with Crippen molar-refractivity contribution in [2.45, 2.75) is 11.3 Å². The maximum atomic E-state index is 12.2. The topological polar surface area (TPSA) is 90.9 Å². The summed E-state index contributed by atoms with van der Waals surface area (Å²) in [5, 5.41) is 3.23. The Morgan fingerprint density at radius 3 is 2.91 bits per heavy atom. The number of sulfonamides is 1. The summed E-state index contributed by atoms with van der Waals surface area (Å²) in [4.78, 5) is 18.3. The van der Waals surface area contributed by atoms with Crippen LogP contribution in [0.4, 0.5) is 0 Å². The number of amidine groups is 1. The van der Waals surface area contributed by atoms with E-state index in [9.17, 15) is 13.2 Å². The van der Waals surface area contributed by atoms with E-state index in [2.05, 4.69) is 15.0 Å². The minimum absolute atomic E-state index is 0.0494. The number of rotatable bonds is 2. The predicted molar refractivity (Wildman–Crippen MR) is 82.2 cm³/mol. The molecule has 0 spiro atoms. The van der Waals surface area contributed by atoms with Crippen molar-refractivity contribution in [1.29, 1.82) is 0 Å². The van der Waals surface area contributed by atoms with Crippen molar-refractivity contribution in [3.8, 4) is 0 Å². The lowest BCUT2D eigenvalue weighted by Gasteiger charge is -2.18. The van der Waals surface area contributed by atoms with E-state index in [4.69, 9.17) is 0 Å². The molecule has 2 N–H and O–H groups in total. The van der Waals surface area contributed by atoms with Crippen LogP contribution in [0.3, 0.4) is 0 Å². The summed E-state index contributed by atoms with van der Waals surface area (Å²) in [5.41, 5.74) is 0.521. The smallest absolute Gasteiger partial charge is 0.263 e. The van der Waals surface area contributed by atoms with E-state index < -0.39 is 10.0 Å². The minimum atomic E-state index is -3.55. The summed E-state index contributed by atoms with van der Waals surface area (Å²) in [6.07, 6.45) is 0.914. The Bertz CT molecular complexity index is 707. The highest BCUT2D eigenvalue weighted by molar-refractivity contribution is 7.90. The van der Waals surface area contributed by atoms with Gasteiger partial charge >= 0.3 is 0 Å². The number of amides is 1. The van der Waals surface area contributed by atoms with Crippen LogP contribution in [0.25, 0.3) is 0 Å². The molecule has 1 aromatic carbocycles. The van der Waals surface area contributed by atoms with Gasteiger partial charge in [0, 0.05) is 25.2 Å². The Hall–Kier alpha value is -1.93. The molecule has 0 unspecified atom stereocenters. The van der Waals surface area contributed by atoms with Crippen LogP contribution in [0.5, 0.6) is 0 Å². The van der Waals surface area contributed by atoms with Gasteiger partial charge in [-0.25, -0.2) is 8.42 Å². The first kappa shape index (κ1) is 15.0. The van der Waals surface area contributed by atoms with Crippen molar-refractivity contribution in [3.05, 3.63) is 29.8 Å². The van der Waals surface area contributed by atoms with E-state index in [1.54, 1.807) is 23.1 Å². The summed E-state index contributed by atoms with van der Waals surface area (Å²) >= 11 is 0. The average molecular weight is 322 g/mol. The van der Waals surface area contributed by atoms with Gasteiger partial charge in [0.25, 0.3) is 10.0 Å². The Labute approximate surface area is 129 Å². The molecule has 0 radical (unpaired) electrons. The van der Waals surface area contributed by atoms with Gasteiger partial charge in [0.2, 0.25) is 5.91 Å². The number of hydrogen-bond acceptors (Lipinski definition) is 5. The summed E-state index contributed by atoms with van der Waals surface area (Å²) < 4.78 is 26.3. The van der Waals surface area contributed by atoms with Gasteiger partial charge < -0.3 is 10.2 Å². The quantitative estimate of drug-likeness (QED) is 0.771. The normalized spacial score (nSPS) is 22.0. The van der Waals surface area contributed by atoms with Gasteiger partial charge in [0.1, 0.15) is 12.4 Å². The molecule has 0 aromatic heterocycles. The highest BCUT2D eigenvalue weighted by atomic mass is 32.2. The molecule has 118 valence electrons. The van der Waals surface area contributed by atoms with Crippen LogP contribution in [-0.4, -0.2) is 57.8 Å². The molecule has 0 atom stereocenters. The van der Waals surface area contributed by atoms with Crippen molar-refractivity contribution < 1.29 is 13.2 Å². The van der Waals surface area contributed by atoms with Gasteiger partial charge in [0.15, 0.2) is 0 Å². The fourth-order valence-electron chi connectivity index (χ4n) is 2.59. The predicted octanol–water partition coefficient (Wildman–Crippen LogP) is -0.453. The van der Waals surface area contributed by atoms with Crippen LogP contribution in [0.2, 0.25) is 0 Å². The summed E-state index contributed by atoms with van der Waals surface area (Å²) in [7, 11) is -3.55. The van der Waals surface area contributed by atoms with Gasteiger partial charge in [-0.2, -0.15) is 0 Å². The molecule has 2 aliphatic rings. The van der Waals surface area contributed by atoms with Gasteiger partial charge in [-0.15, -0.1) is 0 Å². The van der Waals surface area contributed by atoms with E-state index in [1.807, 2.05) is 0 Å². The van der Waals surface area contributed by atoms with Gasteiger partial charge in [-0.05, 0) is 25.1 Å². The number of carbonyl (C=O) groups is 1. The zero-order valence-electron chi connectivity index (χ0n) is 12.1. The van der Waals surface area contributed by atoms with E-state index >= 15 is 0 Å². The molecular formula is C14H18N4O3S. The molecule has 1 aromatic rings. The lowest BCUT2D eigenvalue weighted by Crippen LogP contribution is -2.36. The van der Waals surface area contributed by atoms with Crippen LogP contribution in [0.1, 0.15) is 12.0 Å². The van der Waals surface area contributed by atoms with Crippen molar-refractivity contribution in [1.82, 2.24) is 14.9 Å². The number of nitrogens with one attached hydrogen (secondary N) is 2. The fourth-order valence-corrected chi connectivity index (χ4v) is 3.84. The highest BCUT2D eigenvalue weighted by Gasteiger charge is 2.30. The summed E-state index contributed by atoms with van der Waals surface area (Å²) in [5.74, 6) is 0.164. The highest BCUT2D eigenvalue weighted by Crippen LogP contribution is 2.22. The molecule has 1 saturated heterocycles. The molecule has 7 nitrogen and oxygen atoms in total. The minimum Gasteiger partial charge on any atom is -0.340 e. The third-order valence-electron chi connectivity index (χ3n) is 3.73. The van der Waals surface area contributed by atoms with E-state index in [0.29, 0.717) is 18.7 Å². The molecular weight excluding hydrogens is 304 g/mol. The number of carbonyl (C=O) groups excluding carboxylic acids is 1. The summed E-state index contributed by atoms with van der Waals surface area (Å²) in [6.45, 7) is 3.00. The molecule has 0 saturated carbocycles. The second-order valence-electron chi connectivity index (χ2n) is 5.25. The Balaban J connectivity index is 1.75. The lowest BCUT2D eigenvalue weighted by molar-refractivity contribution is -0.129. The third-order valence-corrected chi connectivity index (χ3v) is 5.13. The Morgan fingerprint density at radius 1 is 1.23 bits per heavy atom. The number of benzene rings is 1. The Kier molecular flexibility index (Phi) is 4.12. The number of fused-ring (bicyclic) bond motifs is 1. The zero-order chi connectivity index (χ0) is 15.6. The number of hydrogen-bond donors (Lipinski definition) is 2. The molecule has 1 amide bonds. The van der Waals surface area contributed by atoms with Crippen LogP contribution in [0, 0.1) is 0 Å². The number of aliphatic imine (C=N–C) groups is 1. The van der Waals surface area contributed by atoms with Crippen molar-refractivity contribution >= 4 is 21.8 Å². The SMILES string of the molecule is O=C(CN=C1NS(=O)(=O)c2ccccc21)N1CCCNCC1. The molecule has 0 bridgehead atoms. The van der Waals surface area contributed by atoms with Crippen LogP contribution >= 0.6 is 0 Å². The fraction of sp³-hybridized carbons (Fsp3) is 0.429. The van der Waals surface area contributed by atoms with Crippen molar-refractivity contribution in [2.24, 2.45) is 4.99 Å². The molecule has 3 rings (SSSR count). The average Bonchev–Trinajstić information content (AvgIpc) is 2.71. The standard InChI is InChI=1S/C14H18N4O3S/c19-13(18-8-3-6-15-7-9-18)10-16-14-11-4-1-2-5-12(11)22(20,21)17-14/h1-2,4-5,15H,3,6-10H2,(H,16,17). The number of nitrogens with zero attached hydrogens (tertiary/aromatic N) is 2. The first-order valence-corrected chi connectivity index (χ1v) is 8.71. The van der Waals surface area contributed by atoms with Gasteiger partial charge in [-0.3, -0.25) is 14.5 Å². The Morgan fingerprint density at radius 2 is 2.05 bits per heavy atom. The van der Waals surface area contributed by atoms with Crippen LogP contribution in [0.15, 0.2) is 34.2 Å². The third kappa shape index (κ3) is 2.97. The molecule has 0 aliphatic carbocycles. The zero-order valence-corrected chi connectivity index (χ0v) is 12.9. The maximum absolute atomic E-state index is 12.2. The largest absolute Gasteiger partial charge is 0.340 e. The second kappa shape index (κ2) is 6.05. The first-order chi connectivity index (χ1) is 10.6. The van der Waals surface area contributed by atoms with E-state index in [1.165, 1.54) is 6.07 Å². The molecule has 2 aliphatic heterocycles. The van der Waals surface area contributed by atoms with Gasteiger partial charge in [-0.1, -0.05) is 12.1 Å². The van der Waals surface area contributed by atoms with Crippen LogP contribution < -0.4 is 10.0 Å². The molecule has 1 fully saturated rings. The van der Waals surface area contributed by atoms with Gasteiger partial charge in [0.05, 0.1) is 4.90 Å². The lowest BCUT2D eigenvalue weighted by atomic mass is 10.2. The molecule has 2 heterocycles. The van der Waals surface area contributed by atoms with Crippen molar-refractivity contribution in [3.63, 3.8) is 0 Å². The van der Waals surface area contributed by atoms with Crippen molar-refractivity contribution in [2.75, 3.05) is 32.7 Å². The van der Waals surface area contributed by atoms with E-state index in [0.717, 1.165) is 19.5 Å². The first-order valence-electron chi connectivity index (χ1n) is 7.23.